The number of nitrogens with one attached hydrogen (secondary N) is 3. The first-order chi connectivity index (χ1) is 33.3. The maximum absolute atomic E-state index is 15.0. The van der Waals surface area contributed by atoms with E-state index in [2.05, 4.69) is 26.8 Å². The van der Waals surface area contributed by atoms with Crippen LogP contribution < -0.4 is 24.8 Å². The molecule has 4 aliphatic heterocycles. The summed E-state index contributed by atoms with van der Waals surface area (Å²) in [7, 11) is -2.31. The number of hydrogen-bond acceptors (Lipinski definition) is 14. The van der Waals surface area contributed by atoms with E-state index in [-0.39, 0.29) is 55.8 Å². The molecule has 1 aromatic heterocycles. The summed E-state index contributed by atoms with van der Waals surface area (Å²) in [5.74, 6) is -1.000. The number of fused-ring (bicyclic) bond motifs is 7. The summed E-state index contributed by atoms with van der Waals surface area (Å²) in [6.07, 6.45) is 5.61. The smallest absolute Gasteiger partial charge is 0.408 e. The third-order valence-corrected chi connectivity index (χ3v) is 17.5. The number of sulfonamides is 1. The van der Waals surface area contributed by atoms with E-state index in [0.717, 1.165) is 68.4 Å². The van der Waals surface area contributed by atoms with Crippen molar-refractivity contribution in [2.75, 3.05) is 53.1 Å². The van der Waals surface area contributed by atoms with E-state index in [0.29, 0.717) is 50.5 Å². The molecular formula is C50H70N6O13S. The third-order valence-electron chi connectivity index (χ3n) is 15.3. The van der Waals surface area contributed by atoms with Crippen molar-refractivity contribution in [2.24, 2.45) is 29.1 Å². The van der Waals surface area contributed by atoms with Crippen molar-refractivity contribution in [3.63, 3.8) is 0 Å². The number of piperidine rings is 1. The van der Waals surface area contributed by atoms with Gasteiger partial charge in [0.1, 0.15) is 41.7 Å². The lowest BCUT2D eigenvalue weighted by molar-refractivity contribution is -0.142. The highest BCUT2D eigenvalue weighted by Gasteiger charge is 2.63. The van der Waals surface area contributed by atoms with Gasteiger partial charge in [0.2, 0.25) is 27.7 Å². The standard InChI is InChI=1S/C49H68N6O11S.CH2O2/c1-7-32-23-49(32,45(58)53-67(60,61)48(5)17-18-48)52-42(56)37-22-33-26-55(37)44(57)41(47(2,3)4)51-46(59)65-38-21-29(38)13-9-8-10-15-35-40(34-14-11-12-16-36(34)50-43(35)64-33)66-39-30-24-54(19-20-62-6)25-31(39)28-63-27-30;2-1-3/h7,11-12,14,16,29-33,37-39,41H,1,8-10,13,15,17-28H2,2-6H3,(H,51,59)(H,52,56)(H,53,58);1H,(H,2,3)/t29-,30?,31?,32-,33?,37+,38-,39?,41-,49-;/m1./s1. The zero-order chi connectivity index (χ0) is 50.2. The summed E-state index contributed by atoms with van der Waals surface area (Å²) >= 11 is 0. The summed E-state index contributed by atoms with van der Waals surface area (Å²) < 4.78 is 59.3. The minimum Gasteiger partial charge on any atom is -0.488 e. The Hall–Kier alpha value is -5.05. The SMILES string of the molecule is C=C[C@@H]1C[C@]1(NC(=O)[C@@H]1CC2CN1C(=O)[C@H](C(C)(C)C)NC(=O)O[C@@H]1C[C@H]1CCCCCc1c(nc3ccccc3c1OC1C3COCC1CN(CCOC)C3)O2)C(=O)NS(=O)(=O)C1(C)CC1.O=CO. The zero-order valence-corrected chi connectivity index (χ0v) is 41.8. The normalized spacial score (nSPS) is 31.8. The number of benzene rings is 1. The van der Waals surface area contributed by atoms with Crippen LogP contribution in [0, 0.1) is 29.1 Å². The maximum Gasteiger partial charge on any atom is 0.408 e. The number of hydrogen-bond donors (Lipinski definition) is 4. The Labute approximate surface area is 410 Å². The van der Waals surface area contributed by atoms with Gasteiger partial charge in [0.15, 0.2) is 0 Å². The first kappa shape index (κ1) is 51.3. The van der Waals surface area contributed by atoms with Gasteiger partial charge in [-0.3, -0.25) is 23.9 Å². The number of ether oxygens (including phenoxy) is 5. The number of carboxylic acid groups (broad SMARTS) is 1. The minimum absolute atomic E-state index is 0.0149. The molecule has 4 bridgehead atoms. The van der Waals surface area contributed by atoms with Crippen LogP contribution in [-0.4, -0.2) is 152 Å². The number of methoxy groups -OCH3 is 1. The first-order valence-electron chi connectivity index (χ1n) is 24.8. The number of carbonyl (C=O) groups excluding carboxylic acids is 4. The van der Waals surface area contributed by atoms with Crippen molar-refractivity contribution in [1.82, 2.24) is 30.1 Å². The number of alkyl carbamates (subject to hydrolysis) is 1. The summed E-state index contributed by atoms with van der Waals surface area (Å²) in [6, 6.07) is 5.59. The molecule has 3 aliphatic carbocycles. The van der Waals surface area contributed by atoms with Crippen LogP contribution in [0.5, 0.6) is 11.6 Å². The van der Waals surface area contributed by atoms with Crippen molar-refractivity contribution in [1.29, 1.82) is 0 Å². The lowest BCUT2D eigenvalue weighted by Crippen LogP contribution is -2.60. The molecular weight excluding hydrogens is 925 g/mol. The molecule has 1 aromatic carbocycles. The Kier molecular flexibility index (Phi) is 15.1. The van der Waals surface area contributed by atoms with Crippen LogP contribution >= 0.6 is 0 Å². The van der Waals surface area contributed by atoms with Crippen molar-refractivity contribution < 1.29 is 61.2 Å². The van der Waals surface area contributed by atoms with Crippen LogP contribution in [0.25, 0.3) is 10.9 Å². The van der Waals surface area contributed by atoms with Gasteiger partial charge < -0.3 is 49.2 Å². The van der Waals surface area contributed by atoms with E-state index in [9.17, 15) is 27.6 Å². The molecule has 7 aliphatic rings. The Bertz CT molecular complexity index is 2410. The maximum atomic E-state index is 15.0. The van der Waals surface area contributed by atoms with Gasteiger partial charge in [-0.2, -0.15) is 0 Å². The molecule has 9 rings (SSSR count). The fourth-order valence-electron chi connectivity index (χ4n) is 10.7. The Morgan fingerprint density at radius 1 is 1.04 bits per heavy atom. The second kappa shape index (κ2) is 20.6. The van der Waals surface area contributed by atoms with E-state index in [1.165, 1.54) is 11.0 Å². The number of para-hydroxylation sites is 1. The summed E-state index contributed by atoms with van der Waals surface area (Å²) in [5.41, 5.74) is -0.903. The fraction of sp³-hybridized carbons (Fsp3) is 0.680. The highest BCUT2D eigenvalue weighted by Crippen LogP contribution is 2.48. The van der Waals surface area contributed by atoms with Crippen LogP contribution in [0.1, 0.15) is 91.0 Å². The number of carbonyl (C=O) groups is 5. The highest BCUT2D eigenvalue weighted by molar-refractivity contribution is 7.91. The molecule has 70 heavy (non-hydrogen) atoms. The molecule has 19 nitrogen and oxygen atoms in total. The lowest BCUT2D eigenvalue weighted by Gasteiger charge is -2.46. The van der Waals surface area contributed by atoms with E-state index >= 15 is 0 Å². The van der Waals surface area contributed by atoms with Gasteiger partial charge in [0, 0.05) is 56.3 Å². The molecule has 0 spiro atoms. The molecule has 4 N–H and O–H groups in total. The second-order valence-corrected chi connectivity index (χ2v) is 23.8. The van der Waals surface area contributed by atoms with Gasteiger partial charge in [-0.05, 0) is 75.3 Å². The van der Waals surface area contributed by atoms with Crippen LogP contribution in [0.3, 0.4) is 0 Å². The number of pyridine rings is 1. The van der Waals surface area contributed by atoms with Crippen molar-refractivity contribution in [3.05, 3.63) is 42.5 Å². The molecule has 9 atom stereocenters. The van der Waals surface area contributed by atoms with Gasteiger partial charge in [0.05, 0.1) is 42.2 Å². The molecule has 3 saturated carbocycles. The molecule has 0 radical (unpaired) electrons. The molecule has 6 fully saturated rings. The van der Waals surface area contributed by atoms with Crippen molar-refractivity contribution in [2.45, 2.75) is 133 Å². The molecule has 5 heterocycles. The molecule has 384 valence electrons. The summed E-state index contributed by atoms with van der Waals surface area (Å²) in [6.45, 7) is 14.9. The van der Waals surface area contributed by atoms with Gasteiger partial charge in [-0.25, -0.2) is 18.2 Å². The number of likely N-dealkylation sites (tertiary alicyclic amines) is 1. The largest absolute Gasteiger partial charge is 0.488 e. The third kappa shape index (κ3) is 10.9. The van der Waals surface area contributed by atoms with E-state index in [1.54, 1.807) is 14.0 Å². The van der Waals surface area contributed by atoms with E-state index in [1.807, 2.05) is 45.0 Å². The molecule has 4 amide bonds. The molecule has 2 aromatic rings. The quantitative estimate of drug-likeness (QED) is 0.184. The first-order valence-corrected chi connectivity index (χ1v) is 26.2. The van der Waals surface area contributed by atoms with Crippen LogP contribution in [0.4, 0.5) is 4.79 Å². The number of amides is 4. The van der Waals surface area contributed by atoms with Crippen LogP contribution in [0.2, 0.25) is 0 Å². The highest BCUT2D eigenvalue weighted by atomic mass is 32.2. The van der Waals surface area contributed by atoms with Gasteiger partial charge in [0.25, 0.3) is 12.4 Å². The fourth-order valence-corrected chi connectivity index (χ4v) is 12.0. The number of rotatable bonds is 11. The van der Waals surface area contributed by atoms with Gasteiger partial charge >= 0.3 is 6.09 Å². The zero-order valence-electron chi connectivity index (χ0n) is 41.0. The number of aromatic nitrogens is 1. The van der Waals surface area contributed by atoms with Gasteiger partial charge in [-0.1, -0.05) is 51.8 Å². The lowest BCUT2D eigenvalue weighted by atomic mass is 9.84. The average Bonchev–Trinajstić information content (AvgIpc) is 4.27. The second-order valence-electron chi connectivity index (χ2n) is 21.6. The Morgan fingerprint density at radius 2 is 1.76 bits per heavy atom. The van der Waals surface area contributed by atoms with E-state index in [4.69, 9.17) is 38.6 Å². The molecule has 3 unspecified atom stereocenters. The van der Waals surface area contributed by atoms with Crippen molar-refractivity contribution in [3.8, 4) is 11.6 Å². The van der Waals surface area contributed by atoms with Crippen LogP contribution in [0.15, 0.2) is 36.9 Å². The van der Waals surface area contributed by atoms with Gasteiger partial charge in [-0.15, -0.1) is 6.58 Å². The topological polar surface area (TPSA) is 241 Å². The predicted molar refractivity (Wildman–Crippen MR) is 256 cm³/mol. The minimum atomic E-state index is -4.03. The van der Waals surface area contributed by atoms with E-state index < -0.39 is 73.6 Å². The molecule has 3 saturated heterocycles. The summed E-state index contributed by atoms with van der Waals surface area (Å²) in [4.78, 5) is 74.5. The Morgan fingerprint density at radius 3 is 2.41 bits per heavy atom. The van der Waals surface area contributed by atoms with Crippen molar-refractivity contribution >= 4 is 51.2 Å². The summed E-state index contributed by atoms with van der Waals surface area (Å²) in [5, 5.41) is 13.5. The number of nitrogens with zero attached hydrogens (tertiary/aromatic N) is 3. The predicted octanol–water partition coefficient (Wildman–Crippen LogP) is 3.96. The average molecular weight is 995 g/mol. The molecule has 20 heteroatoms. The Balaban J connectivity index is 0.00000214. The van der Waals surface area contributed by atoms with Crippen LogP contribution in [-0.2, 0) is 49.8 Å². The monoisotopic (exact) mass is 994 g/mol.